The molecule has 0 fully saturated rings. The summed E-state index contributed by atoms with van der Waals surface area (Å²) in [6.07, 6.45) is 0.141. The summed E-state index contributed by atoms with van der Waals surface area (Å²) >= 11 is 1.45. The van der Waals surface area contributed by atoms with Crippen LogP contribution in [0.15, 0.2) is 41.8 Å². The third-order valence-corrected chi connectivity index (χ3v) is 4.07. The van der Waals surface area contributed by atoms with Crippen LogP contribution in [0.2, 0.25) is 0 Å². The first-order chi connectivity index (χ1) is 10.0. The van der Waals surface area contributed by atoms with Gasteiger partial charge in [-0.3, -0.25) is 9.59 Å². The summed E-state index contributed by atoms with van der Waals surface area (Å²) in [5, 5.41) is 13.6. The van der Waals surface area contributed by atoms with Gasteiger partial charge in [0.2, 0.25) is 5.91 Å². The SMILES string of the molecule is Cc1ccc(CC(=O)NC(CC(=O)O)c2cccs2)cc1. The quantitative estimate of drug-likeness (QED) is 0.862. The molecule has 21 heavy (non-hydrogen) atoms. The zero-order valence-electron chi connectivity index (χ0n) is 11.7. The van der Waals surface area contributed by atoms with E-state index >= 15 is 0 Å². The second-order valence-corrected chi connectivity index (χ2v) is 5.88. The molecule has 0 bridgehead atoms. The van der Waals surface area contributed by atoms with Gasteiger partial charge < -0.3 is 10.4 Å². The smallest absolute Gasteiger partial charge is 0.305 e. The highest BCUT2D eigenvalue weighted by Gasteiger charge is 2.19. The number of carboxylic acids is 1. The molecule has 0 aliphatic rings. The highest BCUT2D eigenvalue weighted by molar-refractivity contribution is 7.10. The number of amides is 1. The van der Waals surface area contributed by atoms with Crippen molar-refractivity contribution in [1.29, 1.82) is 0 Å². The van der Waals surface area contributed by atoms with Crippen LogP contribution in [0.5, 0.6) is 0 Å². The number of hydrogen-bond acceptors (Lipinski definition) is 3. The third kappa shape index (κ3) is 4.72. The fraction of sp³-hybridized carbons (Fsp3) is 0.250. The van der Waals surface area contributed by atoms with Gasteiger partial charge in [-0.25, -0.2) is 0 Å². The van der Waals surface area contributed by atoms with Crippen LogP contribution in [0.1, 0.15) is 28.5 Å². The zero-order valence-corrected chi connectivity index (χ0v) is 12.5. The number of thiophene rings is 1. The Bertz CT molecular complexity index is 605. The standard InChI is InChI=1S/C16H17NO3S/c1-11-4-6-12(7-5-11)9-15(18)17-13(10-16(19)20)14-3-2-8-21-14/h2-8,13H,9-10H2,1H3,(H,17,18)(H,19,20). The molecular weight excluding hydrogens is 286 g/mol. The van der Waals surface area contributed by atoms with Crippen molar-refractivity contribution in [2.75, 3.05) is 0 Å². The fourth-order valence-corrected chi connectivity index (χ4v) is 2.80. The number of aliphatic carboxylic acids is 1. The van der Waals surface area contributed by atoms with Gasteiger partial charge in [-0.2, -0.15) is 0 Å². The van der Waals surface area contributed by atoms with Gasteiger partial charge in [0.15, 0.2) is 0 Å². The summed E-state index contributed by atoms with van der Waals surface area (Å²) in [6, 6.07) is 10.9. The van der Waals surface area contributed by atoms with Crippen molar-refractivity contribution in [2.24, 2.45) is 0 Å². The van der Waals surface area contributed by atoms with Gasteiger partial charge >= 0.3 is 5.97 Å². The van der Waals surface area contributed by atoms with Crippen LogP contribution >= 0.6 is 11.3 Å². The van der Waals surface area contributed by atoms with Gasteiger partial charge in [-0.05, 0) is 23.9 Å². The monoisotopic (exact) mass is 303 g/mol. The lowest BCUT2D eigenvalue weighted by molar-refractivity contribution is -0.137. The molecule has 1 unspecified atom stereocenters. The molecule has 0 saturated carbocycles. The van der Waals surface area contributed by atoms with E-state index in [0.29, 0.717) is 0 Å². The van der Waals surface area contributed by atoms with E-state index in [9.17, 15) is 9.59 Å². The van der Waals surface area contributed by atoms with Gasteiger partial charge in [0.25, 0.3) is 0 Å². The summed E-state index contributed by atoms with van der Waals surface area (Å²) in [5.41, 5.74) is 2.06. The molecule has 1 aromatic carbocycles. The molecule has 0 aliphatic heterocycles. The Labute approximate surface area is 127 Å². The molecule has 2 N–H and O–H groups in total. The topological polar surface area (TPSA) is 66.4 Å². The van der Waals surface area contributed by atoms with Gasteiger partial charge in [0.1, 0.15) is 0 Å². The number of benzene rings is 1. The van der Waals surface area contributed by atoms with Crippen LogP contribution in [0, 0.1) is 6.92 Å². The first-order valence-corrected chi connectivity index (χ1v) is 7.52. The van der Waals surface area contributed by atoms with E-state index in [-0.39, 0.29) is 18.7 Å². The van der Waals surface area contributed by atoms with E-state index in [4.69, 9.17) is 5.11 Å². The summed E-state index contributed by atoms with van der Waals surface area (Å²) in [6.45, 7) is 1.99. The highest BCUT2D eigenvalue weighted by Crippen LogP contribution is 2.22. The molecule has 1 atom stereocenters. The highest BCUT2D eigenvalue weighted by atomic mass is 32.1. The molecule has 1 heterocycles. The number of rotatable bonds is 6. The zero-order chi connectivity index (χ0) is 15.2. The summed E-state index contributed by atoms with van der Waals surface area (Å²) in [4.78, 5) is 23.9. The Morgan fingerprint density at radius 2 is 1.95 bits per heavy atom. The molecule has 5 heteroatoms. The second-order valence-electron chi connectivity index (χ2n) is 4.90. The molecule has 0 aliphatic carbocycles. The van der Waals surface area contributed by atoms with E-state index in [0.717, 1.165) is 16.0 Å². The molecule has 0 spiro atoms. The van der Waals surface area contributed by atoms with Crippen LogP contribution in [0.4, 0.5) is 0 Å². The van der Waals surface area contributed by atoms with Crippen molar-refractivity contribution >= 4 is 23.2 Å². The van der Waals surface area contributed by atoms with Crippen LogP contribution in [-0.2, 0) is 16.0 Å². The maximum Gasteiger partial charge on any atom is 0.305 e. The van der Waals surface area contributed by atoms with Crippen molar-refractivity contribution in [1.82, 2.24) is 5.32 Å². The third-order valence-electron chi connectivity index (χ3n) is 3.09. The van der Waals surface area contributed by atoms with E-state index in [1.54, 1.807) is 0 Å². The Kier molecular flexibility index (Phi) is 5.11. The molecule has 0 radical (unpaired) electrons. The minimum absolute atomic E-state index is 0.111. The molecule has 1 amide bonds. The minimum atomic E-state index is -0.927. The van der Waals surface area contributed by atoms with E-state index in [1.807, 2.05) is 48.7 Å². The van der Waals surface area contributed by atoms with E-state index < -0.39 is 12.0 Å². The van der Waals surface area contributed by atoms with Crippen molar-refractivity contribution in [3.8, 4) is 0 Å². The van der Waals surface area contributed by atoms with Gasteiger partial charge in [-0.1, -0.05) is 35.9 Å². The number of hydrogen-bond donors (Lipinski definition) is 2. The van der Waals surface area contributed by atoms with Gasteiger partial charge in [0.05, 0.1) is 18.9 Å². The van der Waals surface area contributed by atoms with Crippen LogP contribution in [0.3, 0.4) is 0 Å². The van der Waals surface area contributed by atoms with E-state index in [2.05, 4.69) is 5.32 Å². The lowest BCUT2D eigenvalue weighted by Crippen LogP contribution is -2.30. The van der Waals surface area contributed by atoms with Crippen molar-refractivity contribution in [3.63, 3.8) is 0 Å². The number of carboxylic acid groups (broad SMARTS) is 1. The van der Waals surface area contributed by atoms with Gasteiger partial charge in [0, 0.05) is 4.88 Å². The first-order valence-electron chi connectivity index (χ1n) is 6.64. The molecule has 4 nitrogen and oxygen atoms in total. The van der Waals surface area contributed by atoms with Crippen LogP contribution < -0.4 is 5.32 Å². The van der Waals surface area contributed by atoms with Crippen molar-refractivity contribution < 1.29 is 14.7 Å². The molecule has 1 aromatic heterocycles. The summed E-state index contributed by atoms with van der Waals surface area (Å²) in [7, 11) is 0. The lowest BCUT2D eigenvalue weighted by atomic mass is 10.1. The van der Waals surface area contributed by atoms with Crippen LogP contribution in [0.25, 0.3) is 0 Å². The fourth-order valence-electron chi connectivity index (χ4n) is 2.02. The van der Waals surface area contributed by atoms with Crippen molar-refractivity contribution in [3.05, 3.63) is 57.8 Å². The Balaban J connectivity index is 2.01. The Morgan fingerprint density at radius 3 is 2.52 bits per heavy atom. The molecular formula is C16H17NO3S. The Morgan fingerprint density at radius 1 is 1.24 bits per heavy atom. The average Bonchev–Trinajstić information content (AvgIpc) is 2.94. The average molecular weight is 303 g/mol. The minimum Gasteiger partial charge on any atom is -0.481 e. The maximum atomic E-state index is 12.1. The number of carbonyl (C=O) groups excluding carboxylic acids is 1. The summed E-state index contributed by atoms with van der Waals surface area (Å²) in [5.74, 6) is -1.09. The predicted molar refractivity (Wildman–Crippen MR) is 82.3 cm³/mol. The lowest BCUT2D eigenvalue weighted by Gasteiger charge is -2.15. The normalized spacial score (nSPS) is 11.9. The molecule has 2 rings (SSSR count). The molecule has 0 saturated heterocycles. The number of carbonyl (C=O) groups is 2. The number of nitrogens with one attached hydrogen (secondary N) is 1. The largest absolute Gasteiger partial charge is 0.481 e. The van der Waals surface area contributed by atoms with E-state index in [1.165, 1.54) is 11.3 Å². The first kappa shape index (κ1) is 15.3. The second kappa shape index (κ2) is 7.04. The molecule has 2 aromatic rings. The maximum absolute atomic E-state index is 12.1. The van der Waals surface area contributed by atoms with Crippen LogP contribution in [-0.4, -0.2) is 17.0 Å². The predicted octanol–water partition coefficient (Wildman–Crippen LogP) is 2.93. The van der Waals surface area contributed by atoms with Gasteiger partial charge in [-0.15, -0.1) is 11.3 Å². The summed E-state index contributed by atoms with van der Waals surface area (Å²) < 4.78 is 0. The number of aryl methyl sites for hydroxylation is 1. The van der Waals surface area contributed by atoms with Crippen molar-refractivity contribution in [2.45, 2.75) is 25.8 Å². The Hall–Kier alpha value is -2.14. The molecule has 110 valence electrons.